The molecule has 1 aromatic carbocycles. The van der Waals surface area contributed by atoms with Gasteiger partial charge in [0.2, 0.25) is 0 Å². The van der Waals surface area contributed by atoms with Crippen molar-refractivity contribution in [3.8, 4) is 0 Å². The Labute approximate surface area is 135 Å². The molecule has 0 aliphatic rings. The number of rotatable bonds is 9. The summed E-state index contributed by atoms with van der Waals surface area (Å²) in [6.07, 6.45) is 8.02. The van der Waals surface area contributed by atoms with Crippen LogP contribution in [0.15, 0.2) is 24.3 Å². The second-order valence-electron chi connectivity index (χ2n) is 5.53. The van der Waals surface area contributed by atoms with E-state index < -0.39 is 0 Å². The molecular weight excluding hydrogens is 364 g/mol. The first-order valence-electron chi connectivity index (χ1n) is 7.38. The second kappa shape index (κ2) is 9.18. The number of alkyl halides is 2. The van der Waals surface area contributed by atoms with E-state index >= 15 is 0 Å². The minimum absolute atomic E-state index is 0.248. The van der Waals surface area contributed by atoms with Crippen LogP contribution in [0.5, 0.6) is 0 Å². The summed E-state index contributed by atoms with van der Waals surface area (Å²) < 4.78 is 0. The standard InChI is InChI=1S/C17H26Br2/c1-3-4-5-6-9-12-17(13-18,14-19)16-11-8-7-10-15(16)2/h7-8,10-11H,3-6,9,12-14H2,1-2H3. The van der Waals surface area contributed by atoms with Crippen molar-refractivity contribution in [3.05, 3.63) is 35.4 Å². The average molecular weight is 390 g/mol. The van der Waals surface area contributed by atoms with Gasteiger partial charge in [-0.05, 0) is 24.5 Å². The number of halogens is 2. The van der Waals surface area contributed by atoms with E-state index in [1.165, 1.54) is 49.7 Å². The zero-order chi connectivity index (χ0) is 14.1. The molecular formula is C17H26Br2. The van der Waals surface area contributed by atoms with Gasteiger partial charge in [0.05, 0.1) is 0 Å². The number of unbranched alkanes of at least 4 members (excludes halogenated alkanes) is 4. The first-order valence-corrected chi connectivity index (χ1v) is 9.62. The van der Waals surface area contributed by atoms with E-state index in [1.807, 2.05) is 0 Å². The maximum absolute atomic E-state index is 3.76. The maximum atomic E-state index is 3.76. The minimum atomic E-state index is 0.248. The molecule has 0 aliphatic heterocycles. The molecule has 0 saturated heterocycles. The van der Waals surface area contributed by atoms with Crippen LogP contribution in [0.25, 0.3) is 0 Å². The van der Waals surface area contributed by atoms with E-state index in [9.17, 15) is 0 Å². The van der Waals surface area contributed by atoms with Crippen LogP contribution in [0, 0.1) is 6.92 Å². The van der Waals surface area contributed by atoms with Crippen molar-refractivity contribution in [2.45, 2.75) is 57.8 Å². The molecule has 0 radical (unpaired) electrons. The summed E-state index contributed by atoms with van der Waals surface area (Å²) in [6.45, 7) is 4.50. The van der Waals surface area contributed by atoms with E-state index in [1.54, 1.807) is 0 Å². The van der Waals surface area contributed by atoms with Crippen LogP contribution in [0.3, 0.4) is 0 Å². The largest absolute Gasteiger partial charge is 0.0918 e. The van der Waals surface area contributed by atoms with Crippen LogP contribution in [-0.2, 0) is 5.41 Å². The lowest BCUT2D eigenvalue weighted by Crippen LogP contribution is -2.31. The third-order valence-corrected chi connectivity index (χ3v) is 6.13. The van der Waals surface area contributed by atoms with E-state index in [0.717, 1.165) is 10.7 Å². The number of aryl methyl sites for hydroxylation is 1. The lowest BCUT2D eigenvalue weighted by atomic mass is 9.78. The molecule has 0 fully saturated rings. The van der Waals surface area contributed by atoms with Crippen LogP contribution in [-0.4, -0.2) is 10.7 Å². The van der Waals surface area contributed by atoms with Gasteiger partial charge < -0.3 is 0 Å². The molecule has 1 rings (SSSR count). The van der Waals surface area contributed by atoms with Crippen LogP contribution in [0.4, 0.5) is 0 Å². The monoisotopic (exact) mass is 388 g/mol. The van der Waals surface area contributed by atoms with Crippen LogP contribution < -0.4 is 0 Å². The Balaban J connectivity index is 2.71. The third-order valence-electron chi connectivity index (χ3n) is 3.99. The molecule has 19 heavy (non-hydrogen) atoms. The van der Waals surface area contributed by atoms with Crippen molar-refractivity contribution >= 4 is 31.9 Å². The molecule has 0 heterocycles. The Bertz CT molecular complexity index is 356. The topological polar surface area (TPSA) is 0 Å². The van der Waals surface area contributed by atoms with Crippen molar-refractivity contribution in [3.63, 3.8) is 0 Å². The molecule has 0 spiro atoms. The SMILES string of the molecule is CCCCCCCC(CBr)(CBr)c1ccccc1C. The molecule has 0 aromatic heterocycles. The summed E-state index contributed by atoms with van der Waals surface area (Å²) in [7, 11) is 0. The Hall–Kier alpha value is 0.180. The van der Waals surface area contributed by atoms with Gasteiger partial charge in [0.1, 0.15) is 0 Å². The third kappa shape index (κ3) is 4.90. The summed E-state index contributed by atoms with van der Waals surface area (Å²) in [6, 6.07) is 8.82. The number of hydrogen-bond donors (Lipinski definition) is 0. The van der Waals surface area contributed by atoms with E-state index in [0.29, 0.717) is 0 Å². The van der Waals surface area contributed by atoms with Crippen molar-refractivity contribution in [1.29, 1.82) is 0 Å². The van der Waals surface area contributed by atoms with Crippen molar-refractivity contribution in [2.24, 2.45) is 0 Å². The minimum Gasteiger partial charge on any atom is -0.0918 e. The molecule has 2 heteroatoms. The lowest BCUT2D eigenvalue weighted by molar-refractivity contribution is 0.461. The average Bonchev–Trinajstić information content (AvgIpc) is 2.44. The van der Waals surface area contributed by atoms with Gasteiger partial charge in [-0.1, -0.05) is 95.2 Å². The summed E-state index contributed by atoms with van der Waals surface area (Å²) >= 11 is 7.51. The highest BCUT2D eigenvalue weighted by Crippen LogP contribution is 2.36. The smallest absolute Gasteiger partial charge is 0.0149 e. The molecule has 108 valence electrons. The number of hydrogen-bond acceptors (Lipinski definition) is 0. The predicted molar refractivity (Wildman–Crippen MR) is 93.8 cm³/mol. The first-order chi connectivity index (χ1) is 9.20. The normalized spacial score (nSPS) is 11.8. The van der Waals surface area contributed by atoms with E-state index in [2.05, 4.69) is 70.0 Å². The van der Waals surface area contributed by atoms with Crippen LogP contribution in [0.2, 0.25) is 0 Å². The molecule has 0 amide bonds. The highest BCUT2D eigenvalue weighted by Gasteiger charge is 2.30. The van der Waals surface area contributed by atoms with Gasteiger partial charge in [0.25, 0.3) is 0 Å². The highest BCUT2D eigenvalue weighted by molar-refractivity contribution is 9.09. The van der Waals surface area contributed by atoms with Gasteiger partial charge in [-0.15, -0.1) is 0 Å². The van der Waals surface area contributed by atoms with Gasteiger partial charge in [0.15, 0.2) is 0 Å². The predicted octanol–water partition coefficient (Wildman–Crippen LogP) is 6.38. The van der Waals surface area contributed by atoms with Gasteiger partial charge in [-0.3, -0.25) is 0 Å². The Morgan fingerprint density at radius 3 is 2.16 bits per heavy atom. The zero-order valence-corrected chi connectivity index (χ0v) is 15.4. The highest BCUT2D eigenvalue weighted by atomic mass is 79.9. The fourth-order valence-electron chi connectivity index (χ4n) is 2.68. The summed E-state index contributed by atoms with van der Waals surface area (Å²) in [5.74, 6) is 0. The molecule has 0 atom stereocenters. The summed E-state index contributed by atoms with van der Waals surface area (Å²) in [5.41, 5.74) is 3.16. The molecule has 0 N–H and O–H groups in total. The Morgan fingerprint density at radius 2 is 1.58 bits per heavy atom. The van der Waals surface area contributed by atoms with Gasteiger partial charge in [-0.2, -0.15) is 0 Å². The van der Waals surface area contributed by atoms with Crippen molar-refractivity contribution in [2.75, 3.05) is 10.7 Å². The van der Waals surface area contributed by atoms with Crippen LogP contribution >= 0.6 is 31.9 Å². The van der Waals surface area contributed by atoms with Crippen molar-refractivity contribution in [1.82, 2.24) is 0 Å². The molecule has 0 saturated carbocycles. The Morgan fingerprint density at radius 1 is 0.947 bits per heavy atom. The summed E-state index contributed by atoms with van der Waals surface area (Å²) in [5, 5.41) is 2.06. The first kappa shape index (κ1) is 17.2. The quantitative estimate of drug-likeness (QED) is 0.339. The van der Waals surface area contributed by atoms with Crippen molar-refractivity contribution < 1.29 is 0 Å². The fourth-order valence-corrected chi connectivity index (χ4v) is 4.78. The maximum Gasteiger partial charge on any atom is 0.0149 e. The van der Waals surface area contributed by atoms with Gasteiger partial charge in [0, 0.05) is 16.1 Å². The lowest BCUT2D eigenvalue weighted by Gasteiger charge is -2.32. The van der Waals surface area contributed by atoms with Gasteiger partial charge >= 0.3 is 0 Å². The number of benzene rings is 1. The Kier molecular flexibility index (Phi) is 8.32. The molecule has 0 unspecified atom stereocenters. The van der Waals surface area contributed by atoms with E-state index in [-0.39, 0.29) is 5.41 Å². The zero-order valence-electron chi connectivity index (χ0n) is 12.2. The molecule has 1 aromatic rings. The van der Waals surface area contributed by atoms with Gasteiger partial charge in [-0.25, -0.2) is 0 Å². The fraction of sp³-hybridized carbons (Fsp3) is 0.647. The van der Waals surface area contributed by atoms with Crippen LogP contribution in [0.1, 0.15) is 56.6 Å². The summed E-state index contributed by atoms with van der Waals surface area (Å²) in [4.78, 5) is 0. The molecule has 0 aliphatic carbocycles. The van der Waals surface area contributed by atoms with E-state index in [4.69, 9.17) is 0 Å². The molecule has 0 nitrogen and oxygen atoms in total. The second-order valence-corrected chi connectivity index (χ2v) is 6.65. The molecule has 0 bridgehead atoms.